The SMILES string of the molecule is CCOc1ccc(N(CC(=O)N(Cc2cccc(OC)c2)[C@H](Cc2ccccc2)C(=O)NC(C)(C)C)S(=O)(=O)c2ccc(Br)cc2)cc1. The molecule has 0 fully saturated rings. The van der Waals surface area contributed by atoms with Gasteiger partial charge in [-0.3, -0.25) is 13.9 Å². The Morgan fingerprint density at radius 1 is 0.854 bits per heavy atom. The highest BCUT2D eigenvalue weighted by Crippen LogP contribution is 2.28. The molecule has 0 aliphatic carbocycles. The van der Waals surface area contributed by atoms with Gasteiger partial charge in [0, 0.05) is 23.0 Å². The van der Waals surface area contributed by atoms with Crippen LogP contribution < -0.4 is 19.1 Å². The van der Waals surface area contributed by atoms with Gasteiger partial charge in [0.05, 0.1) is 24.3 Å². The van der Waals surface area contributed by atoms with Crippen molar-refractivity contribution in [2.75, 3.05) is 24.6 Å². The van der Waals surface area contributed by atoms with Crippen LogP contribution in [0.1, 0.15) is 38.8 Å². The third kappa shape index (κ3) is 9.84. The Balaban J connectivity index is 1.83. The normalized spacial score (nSPS) is 12.1. The quantitative estimate of drug-likeness (QED) is 0.156. The van der Waals surface area contributed by atoms with Crippen LogP contribution in [0.4, 0.5) is 5.69 Å². The van der Waals surface area contributed by atoms with Crippen LogP contribution in [-0.4, -0.2) is 57.0 Å². The van der Waals surface area contributed by atoms with Gasteiger partial charge in [-0.15, -0.1) is 0 Å². The maximum Gasteiger partial charge on any atom is 0.264 e. The second kappa shape index (κ2) is 16.2. The zero-order valence-corrected chi connectivity index (χ0v) is 30.3. The van der Waals surface area contributed by atoms with E-state index in [9.17, 15) is 18.0 Å². The largest absolute Gasteiger partial charge is 0.497 e. The summed E-state index contributed by atoms with van der Waals surface area (Å²) in [5.41, 5.74) is 1.25. The number of carbonyl (C=O) groups excluding carboxylic acids is 2. The number of amides is 2. The van der Waals surface area contributed by atoms with Crippen LogP contribution >= 0.6 is 15.9 Å². The molecule has 0 unspecified atom stereocenters. The minimum Gasteiger partial charge on any atom is -0.497 e. The first-order chi connectivity index (χ1) is 22.8. The molecular formula is C37H42BrN3O6S. The first-order valence-corrected chi connectivity index (χ1v) is 17.8. The molecule has 0 aliphatic heterocycles. The summed E-state index contributed by atoms with van der Waals surface area (Å²) in [4.78, 5) is 30.2. The number of nitrogens with one attached hydrogen (secondary N) is 1. The van der Waals surface area contributed by atoms with Gasteiger partial charge < -0.3 is 19.7 Å². The lowest BCUT2D eigenvalue weighted by Crippen LogP contribution is -2.56. The number of sulfonamides is 1. The molecule has 254 valence electrons. The Kier molecular flexibility index (Phi) is 12.3. The zero-order valence-electron chi connectivity index (χ0n) is 27.9. The number of benzene rings is 4. The summed E-state index contributed by atoms with van der Waals surface area (Å²) in [5.74, 6) is 0.242. The fourth-order valence-corrected chi connectivity index (χ4v) is 6.79. The lowest BCUT2D eigenvalue weighted by molar-refractivity contribution is -0.140. The van der Waals surface area contributed by atoms with Crippen LogP contribution in [0.15, 0.2) is 112 Å². The van der Waals surface area contributed by atoms with Crippen molar-refractivity contribution in [3.8, 4) is 11.5 Å². The molecule has 0 bridgehead atoms. The number of carbonyl (C=O) groups is 2. The number of hydrogen-bond acceptors (Lipinski definition) is 6. The summed E-state index contributed by atoms with van der Waals surface area (Å²) >= 11 is 3.37. The smallest absolute Gasteiger partial charge is 0.264 e. The highest BCUT2D eigenvalue weighted by molar-refractivity contribution is 9.10. The van der Waals surface area contributed by atoms with Crippen molar-refractivity contribution in [1.82, 2.24) is 10.2 Å². The van der Waals surface area contributed by atoms with Crippen molar-refractivity contribution < 1.29 is 27.5 Å². The minimum atomic E-state index is -4.24. The molecule has 1 atom stereocenters. The molecule has 4 rings (SSSR count). The molecule has 4 aromatic rings. The molecule has 0 saturated heterocycles. The molecule has 0 radical (unpaired) electrons. The first-order valence-electron chi connectivity index (χ1n) is 15.6. The fraction of sp³-hybridized carbons (Fsp3) is 0.297. The molecule has 11 heteroatoms. The Bertz CT molecular complexity index is 1780. The Morgan fingerprint density at radius 3 is 2.10 bits per heavy atom. The predicted octanol–water partition coefficient (Wildman–Crippen LogP) is 6.61. The van der Waals surface area contributed by atoms with E-state index in [-0.39, 0.29) is 29.5 Å². The van der Waals surface area contributed by atoms with E-state index in [1.165, 1.54) is 17.0 Å². The minimum absolute atomic E-state index is 0.0121. The van der Waals surface area contributed by atoms with Crippen LogP contribution in [-0.2, 0) is 32.6 Å². The number of hydrogen-bond donors (Lipinski definition) is 1. The third-order valence-corrected chi connectivity index (χ3v) is 9.69. The molecule has 1 N–H and O–H groups in total. The Labute approximate surface area is 292 Å². The second-order valence-corrected chi connectivity index (χ2v) is 15.0. The molecule has 48 heavy (non-hydrogen) atoms. The van der Waals surface area contributed by atoms with E-state index in [1.54, 1.807) is 55.6 Å². The van der Waals surface area contributed by atoms with Gasteiger partial charge in [-0.25, -0.2) is 8.42 Å². The molecule has 0 saturated carbocycles. The Hall–Kier alpha value is -4.35. The van der Waals surface area contributed by atoms with Crippen molar-refractivity contribution in [2.45, 2.75) is 57.1 Å². The highest BCUT2D eigenvalue weighted by Gasteiger charge is 2.35. The molecule has 0 heterocycles. The van der Waals surface area contributed by atoms with Gasteiger partial charge in [-0.05, 0) is 99.5 Å². The maximum atomic E-state index is 14.7. The molecule has 9 nitrogen and oxygen atoms in total. The van der Waals surface area contributed by atoms with E-state index >= 15 is 0 Å². The van der Waals surface area contributed by atoms with E-state index in [0.717, 1.165) is 9.87 Å². The number of rotatable bonds is 14. The van der Waals surface area contributed by atoms with Gasteiger partial charge in [0.1, 0.15) is 24.1 Å². The number of nitrogens with zero attached hydrogens (tertiary/aromatic N) is 2. The van der Waals surface area contributed by atoms with Gasteiger partial charge >= 0.3 is 0 Å². The predicted molar refractivity (Wildman–Crippen MR) is 192 cm³/mol. The van der Waals surface area contributed by atoms with Crippen LogP contribution in [0, 0.1) is 0 Å². The second-order valence-electron chi connectivity index (χ2n) is 12.2. The monoisotopic (exact) mass is 735 g/mol. The van der Waals surface area contributed by atoms with E-state index in [2.05, 4.69) is 21.2 Å². The van der Waals surface area contributed by atoms with Crippen molar-refractivity contribution in [3.05, 3.63) is 119 Å². The van der Waals surface area contributed by atoms with Crippen molar-refractivity contribution in [1.29, 1.82) is 0 Å². The summed E-state index contributed by atoms with van der Waals surface area (Å²) in [6.45, 7) is 7.38. The van der Waals surface area contributed by atoms with Crippen LogP contribution in [0.3, 0.4) is 0 Å². The van der Waals surface area contributed by atoms with Crippen LogP contribution in [0.2, 0.25) is 0 Å². The average Bonchev–Trinajstić information content (AvgIpc) is 3.05. The van der Waals surface area contributed by atoms with Crippen molar-refractivity contribution >= 4 is 43.5 Å². The maximum absolute atomic E-state index is 14.7. The van der Waals surface area contributed by atoms with E-state index in [4.69, 9.17) is 9.47 Å². The summed E-state index contributed by atoms with van der Waals surface area (Å²) in [6, 6.07) is 28.5. The van der Waals surface area contributed by atoms with Gasteiger partial charge in [-0.1, -0.05) is 58.4 Å². The summed E-state index contributed by atoms with van der Waals surface area (Å²) < 4.78 is 41.3. The van der Waals surface area contributed by atoms with Crippen molar-refractivity contribution in [3.63, 3.8) is 0 Å². The molecule has 4 aromatic carbocycles. The molecular weight excluding hydrogens is 694 g/mol. The van der Waals surface area contributed by atoms with Gasteiger partial charge in [0.2, 0.25) is 11.8 Å². The van der Waals surface area contributed by atoms with E-state index in [1.807, 2.05) is 70.2 Å². The molecule has 2 amide bonds. The molecule has 0 aliphatic rings. The van der Waals surface area contributed by atoms with E-state index in [0.29, 0.717) is 28.1 Å². The molecule has 0 aromatic heterocycles. The number of halogens is 1. The standard InChI is InChI=1S/C37H42BrN3O6S/c1-6-47-31-19-17-30(18-20-31)41(48(44,45)33-21-15-29(38)16-22-33)26-35(42)40(25-28-13-10-14-32(23-28)46-5)34(36(43)39-37(2,3)4)24-27-11-8-7-9-12-27/h7-23,34H,6,24-26H2,1-5H3,(H,39,43)/t34-/m1/s1. The third-order valence-electron chi connectivity index (χ3n) is 7.37. The Morgan fingerprint density at radius 2 is 1.50 bits per heavy atom. The number of methoxy groups -OCH3 is 1. The topological polar surface area (TPSA) is 105 Å². The fourth-order valence-electron chi connectivity index (χ4n) is 5.11. The summed E-state index contributed by atoms with van der Waals surface area (Å²) in [7, 11) is -2.68. The van der Waals surface area contributed by atoms with Gasteiger partial charge in [0.25, 0.3) is 10.0 Å². The molecule has 0 spiro atoms. The van der Waals surface area contributed by atoms with Crippen molar-refractivity contribution in [2.24, 2.45) is 0 Å². The van der Waals surface area contributed by atoms with Gasteiger partial charge in [-0.2, -0.15) is 0 Å². The van der Waals surface area contributed by atoms with Crippen LogP contribution in [0.5, 0.6) is 11.5 Å². The highest BCUT2D eigenvalue weighted by atomic mass is 79.9. The van der Waals surface area contributed by atoms with Gasteiger partial charge in [0.15, 0.2) is 0 Å². The zero-order chi connectivity index (χ0) is 34.9. The summed E-state index contributed by atoms with van der Waals surface area (Å²) in [5, 5.41) is 3.04. The number of anilines is 1. The lowest BCUT2D eigenvalue weighted by atomic mass is 10.0. The van der Waals surface area contributed by atoms with Crippen LogP contribution in [0.25, 0.3) is 0 Å². The first kappa shape index (κ1) is 36.5. The summed E-state index contributed by atoms with van der Waals surface area (Å²) in [6.07, 6.45) is 0.209. The van der Waals surface area contributed by atoms with E-state index < -0.39 is 34.1 Å². The average molecular weight is 737 g/mol. The lowest BCUT2D eigenvalue weighted by Gasteiger charge is -2.35. The number of ether oxygens (including phenoxy) is 2.